The summed E-state index contributed by atoms with van der Waals surface area (Å²) in [4.78, 5) is 0. The maximum Gasteiger partial charge on any atom is 0.180 e. The van der Waals surface area contributed by atoms with Crippen molar-refractivity contribution in [2.45, 2.75) is 37.3 Å². The summed E-state index contributed by atoms with van der Waals surface area (Å²) in [5, 5.41) is 3.36. The summed E-state index contributed by atoms with van der Waals surface area (Å²) in [5.41, 5.74) is 0.0611. The van der Waals surface area contributed by atoms with Crippen LogP contribution in [-0.4, -0.2) is 58.5 Å². The Hall–Kier alpha value is -0.200. The third-order valence-electron chi connectivity index (χ3n) is 3.68. The Morgan fingerprint density at radius 1 is 1.29 bits per heavy atom. The van der Waals surface area contributed by atoms with Crippen LogP contribution in [0.15, 0.2) is 0 Å². The molecule has 2 heterocycles. The van der Waals surface area contributed by atoms with Crippen molar-refractivity contribution >= 4 is 0 Å². The van der Waals surface area contributed by atoms with Crippen molar-refractivity contribution in [3.8, 4) is 0 Å². The molecular weight excluding hydrogens is 222 g/mol. The van der Waals surface area contributed by atoms with E-state index >= 15 is 0 Å². The second kappa shape index (κ2) is 6.11. The Labute approximate surface area is 103 Å². The lowest BCUT2D eigenvalue weighted by atomic mass is 9.89. The van der Waals surface area contributed by atoms with E-state index < -0.39 is 0 Å². The SMILES string of the molecule is COC(COC1COC2(CCNCC2)C1)OC. The summed E-state index contributed by atoms with van der Waals surface area (Å²) in [5.74, 6) is 0. The van der Waals surface area contributed by atoms with Gasteiger partial charge >= 0.3 is 0 Å². The van der Waals surface area contributed by atoms with Gasteiger partial charge in [0.05, 0.1) is 24.9 Å². The Balaban J connectivity index is 1.73. The Kier molecular flexibility index (Phi) is 4.76. The predicted octanol–water partition coefficient (Wildman–Crippen LogP) is 0.533. The fraction of sp³-hybridized carbons (Fsp3) is 1.00. The smallest absolute Gasteiger partial charge is 0.180 e. The van der Waals surface area contributed by atoms with Crippen molar-refractivity contribution in [2.24, 2.45) is 0 Å². The molecule has 17 heavy (non-hydrogen) atoms. The summed E-state index contributed by atoms with van der Waals surface area (Å²) in [6.07, 6.45) is 3.07. The first-order valence-corrected chi connectivity index (χ1v) is 6.30. The van der Waals surface area contributed by atoms with Gasteiger partial charge in [0.25, 0.3) is 0 Å². The average Bonchev–Trinajstić information content (AvgIpc) is 2.75. The van der Waals surface area contributed by atoms with Crippen LogP contribution in [0.25, 0.3) is 0 Å². The van der Waals surface area contributed by atoms with Gasteiger partial charge in [-0.1, -0.05) is 0 Å². The molecule has 2 aliphatic heterocycles. The highest BCUT2D eigenvalue weighted by Gasteiger charge is 2.41. The molecule has 5 heteroatoms. The zero-order chi connectivity index (χ0) is 12.1. The molecule has 0 aliphatic carbocycles. The molecule has 0 radical (unpaired) electrons. The number of methoxy groups -OCH3 is 2. The zero-order valence-corrected chi connectivity index (χ0v) is 10.7. The highest BCUT2D eigenvalue weighted by atomic mass is 16.7. The van der Waals surface area contributed by atoms with Gasteiger partial charge < -0.3 is 24.3 Å². The topological polar surface area (TPSA) is 49.0 Å². The number of hydrogen-bond acceptors (Lipinski definition) is 5. The first-order valence-electron chi connectivity index (χ1n) is 6.30. The van der Waals surface area contributed by atoms with E-state index in [2.05, 4.69) is 5.32 Å². The Morgan fingerprint density at radius 2 is 2.00 bits per heavy atom. The molecule has 2 aliphatic rings. The zero-order valence-electron chi connectivity index (χ0n) is 10.7. The fourth-order valence-corrected chi connectivity index (χ4v) is 2.59. The molecule has 0 amide bonds. The first kappa shape index (κ1) is 13.2. The fourth-order valence-electron chi connectivity index (χ4n) is 2.59. The maximum atomic E-state index is 5.95. The average molecular weight is 245 g/mol. The number of rotatable bonds is 5. The Bertz CT molecular complexity index is 227. The highest BCUT2D eigenvalue weighted by Crippen LogP contribution is 2.35. The van der Waals surface area contributed by atoms with E-state index in [1.165, 1.54) is 0 Å². The number of hydrogen-bond donors (Lipinski definition) is 1. The van der Waals surface area contributed by atoms with E-state index in [1.807, 2.05) is 0 Å². The molecule has 2 saturated heterocycles. The molecule has 1 unspecified atom stereocenters. The van der Waals surface area contributed by atoms with Gasteiger partial charge in [-0.05, 0) is 25.9 Å². The summed E-state index contributed by atoms with van der Waals surface area (Å²) in [6, 6.07) is 0. The molecule has 1 atom stereocenters. The molecule has 0 aromatic carbocycles. The third-order valence-corrected chi connectivity index (χ3v) is 3.68. The molecule has 0 bridgehead atoms. The van der Waals surface area contributed by atoms with Crippen LogP contribution >= 0.6 is 0 Å². The van der Waals surface area contributed by atoms with Gasteiger partial charge in [-0.15, -0.1) is 0 Å². The first-order chi connectivity index (χ1) is 8.28. The minimum absolute atomic E-state index is 0.0611. The van der Waals surface area contributed by atoms with Gasteiger partial charge in [0.2, 0.25) is 0 Å². The standard InChI is InChI=1S/C12H23NO4/c1-14-11(15-2)9-16-10-7-12(17-8-10)3-5-13-6-4-12/h10-11,13H,3-9H2,1-2H3. The van der Waals surface area contributed by atoms with Crippen LogP contribution < -0.4 is 5.32 Å². The highest BCUT2D eigenvalue weighted by molar-refractivity contribution is 4.93. The van der Waals surface area contributed by atoms with E-state index in [1.54, 1.807) is 14.2 Å². The van der Waals surface area contributed by atoms with Crippen molar-refractivity contribution in [1.29, 1.82) is 0 Å². The minimum atomic E-state index is -0.278. The van der Waals surface area contributed by atoms with Crippen molar-refractivity contribution in [1.82, 2.24) is 5.32 Å². The van der Waals surface area contributed by atoms with Crippen LogP contribution in [0.4, 0.5) is 0 Å². The molecule has 100 valence electrons. The molecule has 2 rings (SSSR count). The van der Waals surface area contributed by atoms with Crippen molar-refractivity contribution < 1.29 is 18.9 Å². The lowest BCUT2D eigenvalue weighted by Crippen LogP contribution is -2.41. The van der Waals surface area contributed by atoms with Gasteiger partial charge in [0.1, 0.15) is 0 Å². The minimum Gasteiger partial charge on any atom is -0.372 e. The van der Waals surface area contributed by atoms with Gasteiger partial charge in [-0.25, -0.2) is 0 Å². The van der Waals surface area contributed by atoms with Crippen LogP contribution in [0, 0.1) is 0 Å². The second-order valence-corrected chi connectivity index (χ2v) is 4.80. The molecule has 0 aromatic rings. The number of ether oxygens (including phenoxy) is 4. The summed E-state index contributed by atoms with van der Waals surface area (Å²) < 4.78 is 21.9. The van der Waals surface area contributed by atoms with E-state index in [0.717, 1.165) is 32.4 Å². The van der Waals surface area contributed by atoms with Crippen molar-refractivity contribution in [3.05, 3.63) is 0 Å². The van der Waals surface area contributed by atoms with Crippen LogP contribution in [0.2, 0.25) is 0 Å². The largest absolute Gasteiger partial charge is 0.372 e. The summed E-state index contributed by atoms with van der Waals surface area (Å²) in [7, 11) is 3.24. The molecule has 1 N–H and O–H groups in total. The lowest BCUT2D eigenvalue weighted by molar-refractivity contribution is -0.151. The summed E-state index contributed by atoms with van der Waals surface area (Å²) >= 11 is 0. The number of piperidine rings is 1. The molecule has 0 aromatic heterocycles. The van der Waals surface area contributed by atoms with Gasteiger partial charge in [0.15, 0.2) is 6.29 Å². The lowest BCUT2D eigenvalue weighted by Gasteiger charge is -2.32. The molecule has 5 nitrogen and oxygen atoms in total. The van der Waals surface area contributed by atoms with Crippen molar-refractivity contribution in [2.75, 3.05) is 40.5 Å². The van der Waals surface area contributed by atoms with Crippen LogP contribution in [-0.2, 0) is 18.9 Å². The molecule has 1 spiro atoms. The van der Waals surface area contributed by atoms with Crippen molar-refractivity contribution in [3.63, 3.8) is 0 Å². The van der Waals surface area contributed by atoms with Gasteiger partial charge in [-0.3, -0.25) is 0 Å². The van der Waals surface area contributed by atoms with Crippen LogP contribution in [0.3, 0.4) is 0 Å². The van der Waals surface area contributed by atoms with Crippen LogP contribution in [0.5, 0.6) is 0 Å². The normalized spacial score (nSPS) is 28.1. The van der Waals surface area contributed by atoms with Gasteiger partial charge in [-0.2, -0.15) is 0 Å². The summed E-state index contributed by atoms with van der Waals surface area (Å²) in [6.45, 7) is 3.26. The molecular formula is C12H23NO4. The quantitative estimate of drug-likeness (QED) is 0.716. The maximum absolute atomic E-state index is 5.95. The third kappa shape index (κ3) is 3.39. The number of nitrogens with one attached hydrogen (secondary N) is 1. The molecule has 0 saturated carbocycles. The van der Waals surface area contributed by atoms with E-state index in [-0.39, 0.29) is 18.0 Å². The predicted molar refractivity (Wildman–Crippen MR) is 62.9 cm³/mol. The van der Waals surface area contributed by atoms with Crippen LogP contribution in [0.1, 0.15) is 19.3 Å². The van der Waals surface area contributed by atoms with Gasteiger partial charge in [0, 0.05) is 20.6 Å². The Morgan fingerprint density at radius 3 is 2.65 bits per heavy atom. The monoisotopic (exact) mass is 245 g/mol. The second-order valence-electron chi connectivity index (χ2n) is 4.80. The van der Waals surface area contributed by atoms with E-state index in [9.17, 15) is 0 Å². The van der Waals surface area contributed by atoms with E-state index in [4.69, 9.17) is 18.9 Å². The molecule has 2 fully saturated rings. The van der Waals surface area contributed by atoms with E-state index in [0.29, 0.717) is 13.2 Å².